The van der Waals surface area contributed by atoms with Crippen LogP contribution in [0.4, 0.5) is 4.39 Å². The molecule has 0 spiro atoms. The van der Waals surface area contributed by atoms with Crippen molar-refractivity contribution in [3.8, 4) is 0 Å². The van der Waals surface area contributed by atoms with Crippen molar-refractivity contribution in [2.75, 3.05) is 0 Å². The van der Waals surface area contributed by atoms with Crippen molar-refractivity contribution in [2.45, 2.75) is 32.1 Å². The summed E-state index contributed by atoms with van der Waals surface area (Å²) >= 11 is 1.13. The Kier molecular flexibility index (Phi) is 4.79. The number of hydrogen-bond acceptors (Lipinski definition) is 4. The van der Waals surface area contributed by atoms with Gasteiger partial charge in [0.25, 0.3) is 0 Å². The molecular weight excluding hydrogens is 279 g/mol. The summed E-state index contributed by atoms with van der Waals surface area (Å²) < 4.78 is 17.0. The zero-order valence-electron chi connectivity index (χ0n) is 11.0. The summed E-state index contributed by atoms with van der Waals surface area (Å²) in [5.41, 5.74) is 0.769. The van der Waals surface area contributed by atoms with Gasteiger partial charge in [0.2, 0.25) is 0 Å². The highest BCUT2D eigenvalue weighted by molar-refractivity contribution is 7.05. The predicted octanol–water partition coefficient (Wildman–Crippen LogP) is 3.04. The van der Waals surface area contributed by atoms with Crippen molar-refractivity contribution in [1.82, 2.24) is 9.36 Å². The van der Waals surface area contributed by atoms with Crippen molar-refractivity contribution >= 4 is 17.5 Å². The van der Waals surface area contributed by atoms with E-state index in [-0.39, 0.29) is 12.2 Å². The lowest BCUT2D eigenvalue weighted by Crippen LogP contribution is -2.14. The number of rotatable bonds is 6. The van der Waals surface area contributed by atoms with E-state index in [4.69, 9.17) is 0 Å². The van der Waals surface area contributed by atoms with Gasteiger partial charge in [-0.1, -0.05) is 19.1 Å². The Balaban J connectivity index is 2.17. The molecule has 0 aliphatic carbocycles. The summed E-state index contributed by atoms with van der Waals surface area (Å²) in [6.45, 7) is 2.02. The SMILES string of the molecule is CCCc1nsc(C(Cc2ccc(F)cc2)C(=O)O)n1. The Bertz CT molecular complexity index is 583. The van der Waals surface area contributed by atoms with E-state index in [0.717, 1.165) is 29.9 Å². The smallest absolute Gasteiger partial charge is 0.313 e. The number of carbonyl (C=O) groups is 1. The lowest BCUT2D eigenvalue weighted by Gasteiger charge is -2.08. The normalized spacial score (nSPS) is 12.3. The van der Waals surface area contributed by atoms with E-state index in [1.54, 1.807) is 12.1 Å². The van der Waals surface area contributed by atoms with Crippen LogP contribution in [0.25, 0.3) is 0 Å². The summed E-state index contributed by atoms with van der Waals surface area (Å²) in [5.74, 6) is -1.31. The molecule has 0 bridgehead atoms. The van der Waals surface area contributed by atoms with Gasteiger partial charge >= 0.3 is 5.97 Å². The Labute approximate surface area is 120 Å². The molecule has 1 unspecified atom stereocenters. The number of carboxylic acid groups (broad SMARTS) is 1. The largest absolute Gasteiger partial charge is 0.481 e. The third-order valence-corrected chi connectivity index (χ3v) is 3.77. The van der Waals surface area contributed by atoms with Gasteiger partial charge in [-0.25, -0.2) is 9.37 Å². The van der Waals surface area contributed by atoms with E-state index >= 15 is 0 Å². The fraction of sp³-hybridized carbons (Fsp3) is 0.357. The van der Waals surface area contributed by atoms with Crippen LogP contribution < -0.4 is 0 Å². The second-order valence-corrected chi connectivity index (χ2v) is 5.30. The van der Waals surface area contributed by atoms with Crippen LogP contribution in [0.5, 0.6) is 0 Å². The van der Waals surface area contributed by atoms with Crippen LogP contribution in [0.15, 0.2) is 24.3 Å². The Hall–Kier alpha value is -1.82. The highest BCUT2D eigenvalue weighted by Crippen LogP contribution is 2.23. The predicted molar refractivity (Wildman–Crippen MR) is 74.4 cm³/mol. The van der Waals surface area contributed by atoms with Crippen LogP contribution >= 0.6 is 11.5 Å². The van der Waals surface area contributed by atoms with Gasteiger partial charge in [0, 0.05) is 6.42 Å². The summed E-state index contributed by atoms with van der Waals surface area (Å²) in [7, 11) is 0. The Morgan fingerprint density at radius 1 is 1.40 bits per heavy atom. The lowest BCUT2D eigenvalue weighted by atomic mass is 10.00. The third-order valence-electron chi connectivity index (χ3n) is 2.91. The topological polar surface area (TPSA) is 63.1 Å². The van der Waals surface area contributed by atoms with Crippen LogP contribution in [0.1, 0.15) is 35.7 Å². The molecule has 1 aromatic carbocycles. The zero-order valence-corrected chi connectivity index (χ0v) is 11.9. The van der Waals surface area contributed by atoms with Gasteiger partial charge in [0.05, 0.1) is 0 Å². The maximum Gasteiger partial charge on any atom is 0.313 e. The summed E-state index contributed by atoms with van der Waals surface area (Å²) in [6, 6.07) is 5.85. The molecule has 0 amide bonds. The minimum atomic E-state index is -0.937. The molecule has 6 heteroatoms. The fourth-order valence-electron chi connectivity index (χ4n) is 1.87. The number of aryl methyl sites for hydroxylation is 1. The van der Waals surface area contributed by atoms with Crippen LogP contribution in [0.2, 0.25) is 0 Å². The minimum absolute atomic E-state index is 0.288. The van der Waals surface area contributed by atoms with E-state index in [9.17, 15) is 14.3 Å². The first-order chi connectivity index (χ1) is 9.60. The highest BCUT2D eigenvalue weighted by Gasteiger charge is 2.24. The number of hydrogen-bond donors (Lipinski definition) is 1. The number of aliphatic carboxylic acids is 1. The van der Waals surface area contributed by atoms with Gasteiger partial charge in [-0.05, 0) is 42.1 Å². The fourth-order valence-corrected chi connectivity index (χ4v) is 2.66. The van der Waals surface area contributed by atoms with E-state index in [1.807, 2.05) is 6.92 Å². The first-order valence-electron chi connectivity index (χ1n) is 6.40. The molecule has 1 heterocycles. The molecular formula is C14H15FN2O2S. The summed E-state index contributed by atoms with van der Waals surface area (Å²) in [4.78, 5) is 15.7. The molecule has 0 fully saturated rings. The van der Waals surface area contributed by atoms with Gasteiger partial charge in [0.15, 0.2) is 0 Å². The van der Waals surface area contributed by atoms with E-state index in [2.05, 4.69) is 9.36 Å². The number of nitrogens with zero attached hydrogens (tertiary/aromatic N) is 2. The van der Waals surface area contributed by atoms with Crippen molar-refractivity contribution in [2.24, 2.45) is 0 Å². The molecule has 4 nitrogen and oxygen atoms in total. The maximum absolute atomic E-state index is 12.9. The standard InChI is InChI=1S/C14H15FN2O2S/c1-2-3-12-16-13(20-17-12)11(14(18)19)8-9-4-6-10(15)7-5-9/h4-7,11H,2-3,8H2,1H3,(H,18,19). The minimum Gasteiger partial charge on any atom is -0.481 e. The van der Waals surface area contributed by atoms with Crippen molar-refractivity contribution in [1.29, 1.82) is 0 Å². The molecule has 0 radical (unpaired) electrons. The van der Waals surface area contributed by atoms with Gasteiger partial charge < -0.3 is 5.11 Å². The third kappa shape index (κ3) is 3.60. The molecule has 1 N–H and O–H groups in total. The second kappa shape index (κ2) is 6.56. The molecule has 2 aromatic rings. The second-order valence-electron chi connectivity index (χ2n) is 4.52. The summed E-state index contributed by atoms with van der Waals surface area (Å²) in [6.07, 6.45) is 1.96. The quantitative estimate of drug-likeness (QED) is 0.889. The molecule has 2 rings (SSSR count). The number of benzene rings is 1. The van der Waals surface area contributed by atoms with Gasteiger partial charge in [-0.15, -0.1) is 0 Å². The monoisotopic (exact) mass is 294 g/mol. The van der Waals surface area contributed by atoms with Crippen LogP contribution in [0, 0.1) is 5.82 Å². The highest BCUT2D eigenvalue weighted by atomic mass is 32.1. The van der Waals surface area contributed by atoms with Gasteiger partial charge in [-0.2, -0.15) is 4.37 Å². The molecule has 1 atom stereocenters. The average Bonchev–Trinajstić information content (AvgIpc) is 2.86. The Morgan fingerprint density at radius 2 is 2.10 bits per heavy atom. The molecule has 20 heavy (non-hydrogen) atoms. The summed E-state index contributed by atoms with van der Waals surface area (Å²) in [5, 5.41) is 9.85. The maximum atomic E-state index is 12.9. The zero-order chi connectivity index (χ0) is 14.5. The van der Waals surface area contributed by atoms with Gasteiger partial charge in [0.1, 0.15) is 22.6 Å². The van der Waals surface area contributed by atoms with Crippen LogP contribution in [-0.2, 0) is 17.6 Å². The number of aromatic nitrogens is 2. The average molecular weight is 294 g/mol. The van der Waals surface area contributed by atoms with Gasteiger partial charge in [-0.3, -0.25) is 4.79 Å². The van der Waals surface area contributed by atoms with E-state index < -0.39 is 11.9 Å². The Morgan fingerprint density at radius 3 is 2.70 bits per heavy atom. The van der Waals surface area contributed by atoms with Crippen LogP contribution in [0.3, 0.4) is 0 Å². The van der Waals surface area contributed by atoms with Crippen LogP contribution in [-0.4, -0.2) is 20.4 Å². The van der Waals surface area contributed by atoms with Crippen molar-refractivity contribution in [3.63, 3.8) is 0 Å². The lowest BCUT2D eigenvalue weighted by molar-refractivity contribution is -0.138. The molecule has 0 aliphatic rings. The number of carboxylic acids is 1. The van der Waals surface area contributed by atoms with E-state index in [1.165, 1.54) is 12.1 Å². The first-order valence-corrected chi connectivity index (χ1v) is 7.17. The van der Waals surface area contributed by atoms with E-state index in [0.29, 0.717) is 10.8 Å². The number of halogens is 1. The molecule has 1 aromatic heterocycles. The molecule has 0 saturated carbocycles. The molecule has 0 saturated heterocycles. The van der Waals surface area contributed by atoms with Crippen molar-refractivity contribution < 1.29 is 14.3 Å². The van der Waals surface area contributed by atoms with Crippen molar-refractivity contribution in [3.05, 3.63) is 46.5 Å². The molecule has 106 valence electrons. The first kappa shape index (κ1) is 14.6. The molecule has 0 aliphatic heterocycles.